The number of piperidine rings is 1. The van der Waals surface area contributed by atoms with E-state index in [0.717, 1.165) is 24.2 Å². The van der Waals surface area contributed by atoms with Gasteiger partial charge in [-0.2, -0.15) is 0 Å². The lowest BCUT2D eigenvalue weighted by molar-refractivity contribution is -0.141. The van der Waals surface area contributed by atoms with Gasteiger partial charge in [-0.25, -0.2) is 9.78 Å². The molecule has 1 aromatic rings. The molecule has 2 aliphatic heterocycles. The average molecular weight is 462 g/mol. The molecule has 1 aromatic heterocycles. The Morgan fingerprint density at radius 2 is 1.84 bits per heavy atom. The highest BCUT2D eigenvalue weighted by atomic mass is 35.5. The topological polar surface area (TPSA) is 103 Å². The molecule has 1 N–H and O–H groups in total. The van der Waals surface area contributed by atoms with Crippen molar-refractivity contribution >= 4 is 41.2 Å². The summed E-state index contributed by atoms with van der Waals surface area (Å²) in [7, 11) is 1.66. The number of likely N-dealkylation sites (tertiary alicyclic amines) is 1. The summed E-state index contributed by atoms with van der Waals surface area (Å²) in [6, 6.07) is 2.90. The molecule has 10 heteroatoms. The molecule has 3 heterocycles. The first-order valence-corrected chi connectivity index (χ1v) is 11.5. The number of hydrogen-bond donors (Lipinski definition) is 1. The molecule has 0 radical (unpaired) electrons. The first kappa shape index (κ1) is 22.5. The van der Waals surface area contributed by atoms with Gasteiger partial charge in [0.2, 0.25) is 11.8 Å². The minimum absolute atomic E-state index is 0.141. The summed E-state index contributed by atoms with van der Waals surface area (Å²) >= 11 is 5.81. The smallest absolute Gasteiger partial charge is 0.327 e. The van der Waals surface area contributed by atoms with E-state index in [1.807, 2.05) is 0 Å². The van der Waals surface area contributed by atoms with Crippen LogP contribution in [-0.4, -0.2) is 75.7 Å². The molecule has 3 aliphatic rings. The first-order chi connectivity index (χ1) is 15.3. The Bertz CT molecular complexity index is 907. The number of likely N-dealkylation sites (N-methyl/N-ethyl adjacent to an activating group) is 1. The van der Waals surface area contributed by atoms with E-state index in [1.165, 1.54) is 11.1 Å². The van der Waals surface area contributed by atoms with Gasteiger partial charge in [0, 0.05) is 32.3 Å². The first-order valence-electron chi connectivity index (χ1n) is 11.1. The quantitative estimate of drug-likeness (QED) is 0.694. The average Bonchev–Trinajstić information content (AvgIpc) is 2.97. The van der Waals surface area contributed by atoms with Crippen LogP contribution >= 0.6 is 11.6 Å². The zero-order valence-corrected chi connectivity index (χ0v) is 18.9. The molecule has 0 unspecified atom stereocenters. The van der Waals surface area contributed by atoms with Crippen LogP contribution in [0, 0.1) is 5.92 Å². The van der Waals surface area contributed by atoms with Gasteiger partial charge in [-0.1, -0.05) is 30.9 Å². The molecule has 172 valence electrons. The van der Waals surface area contributed by atoms with E-state index < -0.39 is 11.6 Å². The highest BCUT2D eigenvalue weighted by Crippen LogP contribution is 2.39. The molecular formula is C22H28ClN5O4. The Kier molecular flexibility index (Phi) is 6.37. The van der Waals surface area contributed by atoms with Crippen molar-refractivity contribution in [1.29, 1.82) is 0 Å². The number of hydrogen-bond acceptors (Lipinski definition) is 5. The van der Waals surface area contributed by atoms with E-state index in [2.05, 4.69) is 10.3 Å². The van der Waals surface area contributed by atoms with E-state index in [0.29, 0.717) is 49.6 Å². The van der Waals surface area contributed by atoms with Crippen LogP contribution in [0.3, 0.4) is 0 Å². The number of amides is 5. The summed E-state index contributed by atoms with van der Waals surface area (Å²) in [6.45, 7) is 0.569. The molecule has 3 fully saturated rings. The largest absolute Gasteiger partial charge is 0.341 e. The number of rotatable bonds is 4. The Morgan fingerprint density at radius 3 is 2.47 bits per heavy atom. The zero-order chi connectivity index (χ0) is 22.9. The van der Waals surface area contributed by atoms with Gasteiger partial charge in [-0.3, -0.25) is 19.3 Å². The standard InChI is InChI=1S/C22H28ClN5O4/c1-26-21(32)28(20(31)22(26)9-3-2-4-10-22)14-18(29)27-11-7-15(8-12-27)19(30)25-17-6-5-16(23)13-24-17/h5-6,13,15H,2-4,7-12,14H2,1H3,(H,24,25,30). The Morgan fingerprint density at radius 1 is 1.16 bits per heavy atom. The van der Waals surface area contributed by atoms with Crippen molar-refractivity contribution in [2.45, 2.75) is 50.5 Å². The molecule has 0 atom stereocenters. The molecule has 5 amide bonds. The highest BCUT2D eigenvalue weighted by molar-refractivity contribution is 6.30. The zero-order valence-electron chi connectivity index (χ0n) is 18.2. The van der Waals surface area contributed by atoms with Gasteiger partial charge in [0.15, 0.2) is 0 Å². The maximum Gasteiger partial charge on any atom is 0.327 e. The van der Waals surface area contributed by atoms with Crippen LogP contribution < -0.4 is 5.32 Å². The fraction of sp³-hybridized carbons (Fsp3) is 0.591. The molecule has 4 rings (SSSR count). The van der Waals surface area contributed by atoms with Gasteiger partial charge in [-0.05, 0) is 37.8 Å². The number of nitrogens with zero attached hydrogens (tertiary/aromatic N) is 4. The third-order valence-electron chi connectivity index (χ3n) is 6.97. The van der Waals surface area contributed by atoms with E-state index in [1.54, 1.807) is 24.1 Å². The van der Waals surface area contributed by atoms with Crippen LogP contribution in [0.15, 0.2) is 18.3 Å². The summed E-state index contributed by atoms with van der Waals surface area (Å²) in [5, 5.41) is 3.27. The number of anilines is 1. The Labute approximate surface area is 192 Å². The maximum absolute atomic E-state index is 13.1. The number of carbonyl (C=O) groups is 4. The van der Waals surface area contributed by atoms with Gasteiger partial charge in [0.1, 0.15) is 17.9 Å². The maximum atomic E-state index is 13.1. The fourth-order valence-electron chi connectivity index (χ4n) is 4.98. The Hall–Kier alpha value is -2.68. The minimum atomic E-state index is -0.781. The van der Waals surface area contributed by atoms with Gasteiger partial charge >= 0.3 is 6.03 Å². The van der Waals surface area contributed by atoms with Crippen LogP contribution in [0.5, 0.6) is 0 Å². The predicted octanol–water partition coefficient (Wildman–Crippen LogP) is 2.51. The summed E-state index contributed by atoms with van der Waals surface area (Å²) in [5.74, 6) is -0.445. The number of aromatic nitrogens is 1. The van der Waals surface area contributed by atoms with Crippen molar-refractivity contribution in [3.63, 3.8) is 0 Å². The number of pyridine rings is 1. The van der Waals surface area contributed by atoms with Crippen molar-refractivity contribution in [2.24, 2.45) is 5.92 Å². The van der Waals surface area contributed by atoms with Gasteiger partial charge < -0.3 is 15.1 Å². The van der Waals surface area contributed by atoms with Crippen molar-refractivity contribution < 1.29 is 19.2 Å². The van der Waals surface area contributed by atoms with Gasteiger partial charge in [-0.15, -0.1) is 0 Å². The molecule has 9 nitrogen and oxygen atoms in total. The number of urea groups is 1. The van der Waals surface area contributed by atoms with Crippen molar-refractivity contribution in [3.05, 3.63) is 23.4 Å². The summed E-state index contributed by atoms with van der Waals surface area (Å²) in [6.07, 6.45) is 6.68. The molecule has 0 aromatic carbocycles. The second-order valence-electron chi connectivity index (χ2n) is 8.83. The molecular weight excluding hydrogens is 434 g/mol. The van der Waals surface area contributed by atoms with Crippen LogP contribution in [-0.2, 0) is 14.4 Å². The van der Waals surface area contributed by atoms with Crippen molar-refractivity contribution in [3.8, 4) is 0 Å². The second-order valence-corrected chi connectivity index (χ2v) is 9.27. The summed E-state index contributed by atoms with van der Waals surface area (Å²) < 4.78 is 0. The van der Waals surface area contributed by atoms with E-state index >= 15 is 0 Å². The summed E-state index contributed by atoms with van der Waals surface area (Å²) in [4.78, 5) is 59.5. The van der Waals surface area contributed by atoms with Gasteiger partial charge in [0.25, 0.3) is 5.91 Å². The Balaban J connectivity index is 1.31. The van der Waals surface area contributed by atoms with Crippen LogP contribution in [0.2, 0.25) is 5.02 Å². The number of nitrogens with one attached hydrogen (secondary N) is 1. The molecule has 32 heavy (non-hydrogen) atoms. The lowest BCUT2D eigenvalue weighted by Crippen LogP contribution is -2.50. The van der Waals surface area contributed by atoms with Crippen molar-refractivity contribution in [2.75, 3.05) is 32.0 Å². The fourth-order valence-corrected chi connectivity index (χ4v) is 5.09. The lowest BCUT2D eigenvalue weighted by Gasteiger charge is -2.36. The molecule has 1 spiro atoms. The normalized spacial score (nSPS) is 21.4. The third-order valence-corrected chi connectivity index (χ3v) is 7.20. The van der Waals surface area contributed by atoms with Crippen LogP contribution in [0.25, 0.3) is 0 Å². The van der Waals surface area contributed by atoms with E-state index in [-0.39, 0.29) is 30.2 Å². The number of halogens is 1. The highest BCUT2D eigenvalue weighted by Gasteiger charge is 2.56. The van der Waals surface area contributed by atoms with Crippen molar-refractivity contribution in [1.82, 2.24) is 19.7 Å². The minimum Gasteiger partial charge on any atom is -0.341 e. The molecule has 2 saturated heterocycles. The molecule has 1 saturated carbocycles. The van der Waals surface area contributed by atoms with E-state index in [9.17, 15) is 19.2 Å². The second kappa shape index (κ2) is 9.05. The summed E-state index contributed by atoms with van der Waals surface area (Å²) in [5.41, 5.74) is -0.781. The SMILES string of the molecule is CN1C(=O)N(CC(=O)N2CCC(C(=O)Nc3ccc(Cl)cn3)CC2)C(=O)C12CCCCC2. The predicted molar refractivity (Wildman–Crippen MR) is 118 cm³/mol. The molecule has 0 bridgehead atoms. The third kappa shape index (κ3) is 4.18. The van der Waals surface area contributed by atoms with Crippen LogP contribution in [0.4, 0.5) is 10.6 Å². The molecule has 1 aliphatic carbocycles. The monoisotopic (exact) mass is 461 g/mol. The van der Waals surface area contributed by atoms with Gasteiger partial charge in [0.05, 0.1) is 5.02 Å². The number of imide groups is 1. The van der Waals surface area contributed by atoms with Crippen LogP contribution in [0.1, 0.15) is 44.9 Å². The number of carbonyl (C=O) groups excluding carboxylic acids is 4. The lowest BCUT2D eigenvalue weighted by atomic mass is 9.81. The van der Waals surface area contributed by atoms with E-state index in [4.69, 9.17) is 11.6 Å².